The van der Waals surface area contributed by atoms with Crippen LogP contribution in [0.5, 0.6) is 0 Å². The van der Waals surface area contributed by atoms with E-state index in [0.717, 1.165) is 16.7 Å². The predicted octanol–water partition coefficient (Wildman–Crippen LogP) is 3.46. The Balaban J connectivity index is 1.62. The fourth-order valence-corrected chi connectivity index (χ4v) is 2.43. The first-order chi connectivity index (χ1) is 11.6. The molecule has 0 fully saturated rings. The molecule has 3 aromatic rings. The summed E-state index contributed by atoms with van der Waals surface area (Å²) in [4.78, 5) is 16.6. The van der Waals surface area contributed by atoms with Crippen LogP contribution in [0.15, 0.2) is 59.1 Å². The number of carbonyl (C=O) groups excluding carboxylic acids is 1. The summed E-state index contributed by atoms with van der Waals surface area (Å²) in [6.45, 7) is 4.12. The van der Waals surface area contributed by atoms with Crippen LogP contribution in [0, 0.1) is 6.92 Å². The van der Waals surface area contributed by atoms with Gasteiger partial charge in [0.15, 0.2) is 5.82 Å². The van der Waals surface area contributed by atoms with Crippen molar-refractivity contribution in [2.24, 2.45) is 0 Å². The van der Waals surface area contributed by atoms with Crippen LogP contribution in [0.25, 0.3) is 11.5 Å². The second kappa shape index (κ2) is 7.08. The van der Waals surface area contributed by atoms with Crippen LogP contribution in [-0.4, -0.2) is 16.0 Å². The number of nitrogens with zero attached hydrogens (tertiary/aromatic N) is 2. The Kier molecular flexibility index (Phi) is 4.70. The van der Waals surface area contributed by atoms with Gasteiger partial charge in [0.2, 0.25) is 5.91 Å². The van der Waals surface area contributed by atoms with Crippen LogP contribution in [0.4, 0.5) is 0 Å². The molecule has 0 saturated carbocycles. The first-order valence-corrected chi connectivity index (χ1v) is 7.86. The normalized spacial score (nSPS) is 11.9. The van der Waals surface area contributed by atoms with Gasteiger partial charge in [-0.05, 0) is 31.5 Å². The van der Waals surface area contributed by atoms with Gasteiger partial charge in [-0.3, -0.25) is 4.79 Å². The Labute approximate surface area is 140 Å². The first-order valence-electron chi connectivity index (χ1n) is 7.86. The third-order valence-corrected chi connectivity index (χ3v) is 3.85. The second-order valence-electron chi connectivity index (χ2n) is 5.74. The van der Waals surface area contributed by atoms with Gasteiger partial charge in [0, 0.05) is 5.56 Å². The van der Waals surface area contributed by atoms with E-state index in [4.69, 9.17) is 4.52 Å². The number of aryl methyl sites for hydroxylation is 1. The largest absolute Gasteiger partial charge is 0.348 e. The first kappa shape index (κ1) is 15.9. The molecule has 0 spiro atoms. The van der Waals surface area contributed by atoms with E-state index in [2.05, 4.69) is 15.5 Å². The molecule has 1 heterocycles. The molecule has 122 valence electrons. The Morgan fingerprint density at radius 3 is 2.71 bits per heavy atom. The summed E-state index contributed by atoms with van der Waals surface area (Å²) in [7, 11) is 0. The quantitative estimate of drug-likeness (QED) is 0.781. The molecule has 1 aromatic heterocycles. The van der Waals surface area contributed by atoms with Gasteiger partial charge in [0.1, 0.15) is 0 Å². The number of hydrogen-bond acceptors (Lipinski definition) is 4. The van der Waals surface area contributed by atoms with E-state index in [-0.39, 0.29) is 18.4 Å². The van der Waals surface area contributed by atoms with Crippen LogP contribution in [0.2, 0.25) is 0 Å². The standard InChI is InChI=1S/C19H19N3O2/c1-13-7-6-10-16(11-13)19-21-17(22-24-19)12-20-18(23)14(2)15-8-4-3-5-9-15/h3-11,14H,12H2,1-2H3,(H,20,23)/t14-/m1/s1. The van der Waals surface area contributed by atoms with Gasteiger partial charge in [-0.25, -0.2) is 0 Å². The van der Waals surface area contributed by atoms with Crippen LogP contribution in [0.3, 0.4) is 0 Å². The van der Waals surface area contributed by atoms with Gasteiger partial charge in [0.25, 0.3) is 5.89 Å². The lowest BCUT2D eigenvalue weighted by Crippen LogP contribution is -2.27. The van der Waals surface area contributed by atoms with Crippen LogP contribution >= 0.6 is 0 Å². The van der Waals surface area contributed by atoms with Crippen LogP contribution in [0.1, 0.15) is 29.8 Å². The highest BCUT2D eigenvalue weighted by Crippen LogP contribution is 2.18. The Morgan fingerprint density at radius 2 is 1.96 bits per heavy atom. The number of aromatic nitrogens is 2. The van der Waals surface area contributed by atoms with Gasteiger partial charge >= 0.3 is 0 Å². The molecule has 0 radical (unpaired) electrons. The summed E-state index contributed by atoms with van der Waals surface area (Å²) in [5.74, 6) is 0.622. The number of benzene rings is 2. The molecule has 24 heavy (non-hydrogen) atoms. The number of rotatable bonds is 5. The van der Waals surface area contributed by atoms with Crippen LogP contribution in [-0.2, 0) is 11.3 Å². The highest BCUT2D eigenvalue weighted by Gasteiger charge is 2.16. The highest BCUT2D eigenvalue weighted by molar-refractivity contribution is 5.83. The SMILES string of the molecule is Cc1cccc(-c2nc(CNC(=O)[C@H](C)c3ccccc3)no2)c1. The van der Waals surface area contributed by atoms with Crippen molar-refractivity contribution >= 4 is 5.91 Å². The maximum Gasteiger partial charge on any atom is 0.257 e. The second-order valence-corrected chi connectivity index (χ2v) is 5.74. The number of nitrogens with one attached hydrogen (secondary N) is 1. The number of hydrogen-bond donors (Lipinski definition) is 1. The minimum Gasteiger partial charge on any atom is -0.348 e. The summed E-state index contributed by atoms with van der Waals surface area (Å²) in [6.07, 6.45) is 0. The maximum atomic E-state index is 12.2. The van der Waals surface area contributed by atoms with Crippen molar-refractivity contribution in [1.82, 2.24) is 15.5 Å². The summed E-state index contributed by atoms with van der Waals surface area (Å²) >= 11 is 0. The van der Waals surface area contributed by atoms with Gasteiger partial charge in [0.05, 0.1) is 12.5 Å². The fourth-order valence-electron chi connectivity index (χ4n) is 2.43. The van der Waals surface area contributed by atoms with Gasteiger partial charge in [-0.15, -0.1) is 0 Å². The van der Waals surface area contributed by atoms with E-state index in [1.54, 1.807) is 0 Å². The zero-order chi connectivity index (χ0) is 16.9. The molecule has 1 N–H and O–H groups in total. The summed E-state index contributed by atoms with van der Waals surface area (Å²) in [5.41, 5.74) is 2.97. The fraction of sp³-hybridized carbons (Fsp3) is 0.211. The van der Waals surface area contributed by atoms with Crippen molar-refractivity contribution < 1.29 is 9.32 Å². The molecule has 2 aromatic carbocycles. The Bertz CT molecular complexity index is 827. The summed E-state index contributed by atoms with van der Waals surface area (Å²) in [6, 6.07) is 17.5. The molecule has 0 unspecified atom stereocenters. The lowest BCUT2D eigenvalue weighted by atomic mass is 10.0. The summed E-state index contributed by atoms with van der Waals surface area (Å²) in [5, 5.41) is 6.77. The zero-order valence-corrected chi connectivity index (χ0v) is 13.7. The molecule has 1 amide bonds. The molecule has 0 aliphatic carbocycles. The molecular formula is C19H19N3O2. The van der Waals surface area contributed by atoms with Gasteiger partial charge in [-0.1, -0.05) is 53.2 Å². The van der Waals surface area contributed by atoms with E-state index < -0.39 is 0 Å². The number of carbonyl (C=O) groups is 1. The molecule has 3 rings (SSSR count). The minimum atomic E-state index is -0.227. The van der Waals surface area contributed by atoms with Crippen molar-refractivity contribution in [2.75, 3.05) is 0 Å². The van der Waals surface area contributed by atoms with E-state index in [1.807, 2.05) is 68.4 Å². The molecule has 5 heteroatoms. The highest BCUT2D eigenvalue weighted by atomic mass is 16.5. The number of amides is 1. The molecule has 1 atom stereocenters. The molecule has 0 saturated heterocycles. The van der Waals surface area contributed by atoms with Crippen molar-refractivity contribution in [3.8, 4) is 11.5 Å². The minimum absolute atomic E-state index is 0.0666. The van der Waals surface area contributed by atoms with Crippen LogP contribution < -0.4 is 5.32 Å². The van der Waals surface area contributed by atoms with E-state index in [0.29, 0.717) is 11.7 Å². The maximum absolute atomic E-state index is 12.2. The van der Waals surface area contributed by atoms with Crippen molar-refractivity contribution in [2.45, 2.75) is 26.3 Å². The predicted molar refractivity (Wildman–Crippen MR) is 91.2 cm³/mol. The molecule has 0 bridgehead atoms. The zero-order valence-electron chi connectivity index (χ0n) is 13.7. The molecular weight excluding hydrogens is 302 g/mol. The third kappa shape index (κ3) is 3.68. The topological polar surface area (TPSA) is 68.0 Å². The Morgan fingerprint density at radius 1 is 1.17 bits per heavy atom. The van der Waals surface area contributed by atoms with E-state index in [9.17, 15) is 4.79 Å². The van der Waals surface area contributed by atoms with E-state index in [1.165, 1.54) is 0 Å². The van der Waals surface area contributed by atoms with Crippen molar-refractivity contribution in [1.29, 1.82) is 0 Å². The van der Waals surface area contributed by atoms with Gasteiger partial charge in [-0.2, -0.15) is 4.98 Å². The van der Waals surface area contributed by atoms with Gasteiger partial charge < -0.3 is 9.84 Å². The lowest BCUT2D eigenvalue weighted by Gasteiger charge is -2.11. The molecule has 0 aliphatic heterocycles. The van der Waals surface area contributed by atoms with Crippen molar-refractivity contribution in [3.05, 3.63) is 71.5 Å². The lowest BCUT2D eigenvalue weighted by molar-refractivity contribution is -0.122. The monoisotopic (exact) mass is 321 g/mol. The average Bonchev–Trinajstić information content (AvgIpc) is 3.09. The third-order valence-electron chi connectivity index (χ3n) is 3.85. The van der Waals surface area contributed by atoms with E-state index >= 15 is 0 Å². The molecule has 0 aliphatic rings. The smallest absolute Gasteiger partial charge is 0.257 e. The summed E-state index contributed by atoms with van der Waals surface area (Å²) < 4.78 is 5.27. The Hall–Kier alpha value is -2.95. The average molecular weight is 321 g/mol. The van der Waals surface area contributed by atoms with Crippen molar-refractivity contribution in [3.63, 3.8) is 0 Å². The molecule has 5 nitrogen and oxygen atoms in total.